The molecule has 0 aliphatic carbocycles. The maximum Gasteiger partial charge on any atom is 0.368 e. The summed E-state index contributed by atoms with van der Waals surface area (Å²) in [7, 11) is 0.484. The second-order valence-corrected chi connectivity index (χ2v) is 8.55. The van der Waals surface area contributed by atoms with Crippen LogP contribution in [0, 0.1) is 6.92 Å². The lowest BCUT2D eigenvalue weighted by Crippen LogP contribution is -2.23. The average Bonchev–Trinajstić information content (AvgIpc) is 3.12. The Balaban J connectivity index is 1.83. The first kappa shape index (κ1) is 23.3. The minimum absolute atomic E-state index is 0.205. The second-order valence-electron chi connectivity index (χ2n) is 7.17. The summed E-state index contributed by atoms with van der Waals surface area (Å²) in [5.41, 5.74) is 3.59. The molecule has 1 aromatic heterocycles. The molecule has 0 bridgehead atoms. The minimum Gasteiger partial charge on any atom is -0.475 e. The van der Waals surface area contributed by atoms with Gasteiger partial charge < -0.3 is 4.74 Å². The van der Waals surface area contributed by atoms with Crippen LogP contribution in [0.1, 0.15) is 37.0 Å². The van der Waals surface area contributed by atoms with Crippen LogP contribution >= 0.6 is 0 Å². The highest BCUT2D eigenvalue weighted by atomic mass is 32.2. The van der Waals surface area contributed by atoms with Crippen molar-refractivity contribution in [3.05, 3.63) is 69.6 Å². The number of aryl methyl sites for hydroxylation is 2. The van der Waals surface area contributed by atoms with Crippen molar-refractivity contribution in [3.8, 4) is 5.69 Å². The van der Waals surface area contributed by atoms with Crippen molar-refractivity contribution in [1.82, 2.24) is 19.8 Å². The third kappa shape index (κ3) is 5.25. The van der Waals surface area contributed by atoms with Gasteiger partial charge in [0.15, 0.2) is 0 Å². The van der Waals surface area contributed by atoms with Crippen LogP contribution in [0.25, 0.3) is 5.69 Å². The third-order valence-electron chi connectivity index (χ3n) is 4.92. The van der Waals surface area contributed by atoms with Crippen LogP contribution in [0.5, 0.6) is 0 Å². The van der Waals surface area contributed by atoms with Gasteiger partial charge in [0, 0.05) is 41.0 Å². The van der Waals surface area contributed by atoms with Gasteiger partial charge in [-0.15, -0.1) is 5.10 Å². The van der Waals surface area contributed by atoms with Gasteiger partial charge in [-0.25, -0.2) is 4.79 Å². The molecule has 0 aliphatic heterocycles. The normalized spacial score (nSPS) is 13.3. The van der Waals surface area contributed by atoms with E-state index in [-0.39, 0.29) is 12.3 Å². The Morgan fingerprint density at radius 1 is 1.16 bits per heavy atom. The van der Waals surface area contributed by atoms with E-state index in [9.17, 15) is 9.00 Å². The van der Waals surface area contributed by atoms with E-state index in [2.05, 4.69) is 20.6 Å². The zero-order chi connectivity index (χ0) is 23.3. The summed E-state index contributed by atoms with van der Waals surface area (Å²) in [4.78, 5) is 13.0. The molecule has 2 aromatic carbocycles. The summed E-state index contributed by atoms with van der Waals surface area (Å²) in [6, 6.07) is 13.0. The summed E-state index contributed by atoms with van der Waals surface area (Å²) >= 11 is 0. The molecule has 168 valence electrons. The van der Waals surface area contributed by atoms with Crippen LogP contribution in [0.15, 0.2) is 62.4 Å². The van der Waals surface area contributed by atoms with Crippen molar-refractivity contribution in [2.75, 3.05) is 6.26 Å². The molecule has 1 unspecified atom stereocenters. The Morgan fingerprint density at radius 3 is 2.56 bits per heavy atom. The monoisotopic (exact) mass is 454 g/mol. The average molecular weight is 455 g/mol. The molecule has 32 heavy (non-hydrogen) atoms. The van der Waals surface area contributed by atoms with E-state index in [0.717, 1.165) is 21.6 Å². The highest BCUT2D eigenvalue weighted by Crippen LogP contribution is 2.18. The molecule has 0 spiro atoms. The van der Waals surface area contributed by atoms with Gasteiger partial charge in [-0.1, -0.05) is 31.2 Å². The minimum atomic E-state index is -1.07. The zero-order valence-corrected chi connectivity index (χ0v) is 19.6. The molecular weight excluding hydrogens is 428 g/mol. The first-order valence-electron chi connectivity index (χ1n) is 10.1. The van der Waals surface area contributed by atoms with Gasteiger partial charge in [0.25, 0.3) is 0 Å². The fourth-order valence-corrected chi connectivity index (χ4v) is 3.55. The van der Waals surface area contributed by atoms with Gasteiger partial charge in [-0.3, -0.25) is 4.21 Å². The third-order valence-corrected chi connectivity index (χ3v) is 5.83. The SMILES string of the molecule is CC/C(=N\N=C(/C)c1cccc(S(C)=O)c1)OCc1c(C)cccc1-n1nnn(C)c1=O. The van der Waals surface area contributed by atoms with Gasteiger partial charge in [0.1, 0.15) is 6.61 Å². The van der Waals surface area contributed by atoms with Crippen LogP contribution in [0.4, 0.5) is 0 Å². The molecule has 1 atom stereocenters. The van der Waals surface area contributed by atoms with Gasteiger partial charge in [-0.2, -0.15) is 14.5 Å². The maximum absolute atomic E-state index is 12.3. The van der Waals surface area contributed by atoms with Crippen LogP contribution in [0.3, 0.4) is 0 Å². The highest BCUT2D eigenvalue weighted by Gasteiger charge is 2.14. The van der Waals surface area contributed by atoms with Crippen molar-refractivity contribution in [3.63, 3.8) is 0 Å². The van der Waals surface area contributed by atoms with Gasteiger partial charge in [0.2, 0.25) is 5.90 Å². The van der Waals surface area contributed by atoms with Crippen molar-refractivity contribution in [1.29, 1.82) is 0 Å². The fourth-order valence-electron chi connectivity index (χ4n) is 2.98. The van der Waals surface area contributed by atoms with Crippen LogP contribution in [-0.2, 0) is 29.2 Å². The summed E-state index contributed by atoms with van der Waals surface area (Å²) in [6.07, 6.45) is 2.18. The second kappa shape index (κ2) is 10.3. The Morgan fingerprint density at radius 2 is 1.91 bits per heavy atom. The number of nitrogens with zero attached hydrogens (tertiary/aromatic N) is 6. The summed E-state index contributed by atoms with van der Waals surface area (Å²) in [6.45, 7) is 5.92. The number of tetrazole rings is 1. The van der Waals surface area contributed by atoms with Gasteiger partial charge in [0.05, 0.1) is 11.4 Å². The lowest BCUT2D eigenvalue weighted by molar-refractivity contribution is 0.282. The van der Waals surface area contributed by atoms with E-state index in [0.29, 0.717) is 23.7 Å². The Hall–Kier alpha value is -3.40. The topological polar surface area (TPSA) is 104 Å². The first-order chi connectivity index (χ1) is 15.3. The molecule has 0 N–H and O–H groups in total. The Bertz CT molecular complexity index is 1260. The largest absolute Gasteiger partial charge is 0.475 e. The predicted octanol–water partition coefficient (Wildman–Crippen LogP) is 2.76. The quantitative estimate of drug-likeness (QED) is 0.310. The Labute approximate surface area is 188 Å². The van der Waals surface area contributed by atoms with Gasteiger partial charge >= 0.3 is 5.69 Å². The molecule has 3 aromatic rings. The molecule has 3 rings (SSSR count). The van der Waals surface area contributed by atoms with Gasteiger partial charge in [-0.05, 0) is 53.6 Å². The fraction of sp³-hybridized carbons (Fsp3) is 0.318. The lowest BCUT2D eigenvalue weighted by Gasteiger charge is -2.13. The van der Waals surface area contributed by atoms with E-state index >= 15 is 0 Å². The molecule has 0 saturated carbocycles. The van der Waals surface area contributed by atoms with E-state index in [1.807, 2.05) is 57.2 Å². The van der Waals surface area contributed by atoms with E-state index < -0.39 is 10.8 Å². The highest BCUT2D eigenvalue weighted by molar-refractivity contribution is 7.84. The molecule has 0 amide bonds. The van der Waals surface area contributed by atoms with Crippen LogP contribution in [0.2, 0.25) is 0 Å². The maximum atomic E-state index is 12.3. The standard InChI is InChI=1S/C22H26N6O3S/c1-6-21(24-23-16(3)17-10-8-11-18(13-17)32(5)30)31-14-19-15(2)9-7-12-20(19)28-22(29)27(4)25-26-28/h7-13H,6,14H2,1-5H3/b23-16+,24-21+. The number of hydrogen-bond acceptors (Lipinski definition) is 7. The van der Waals surface area contributed by atoms with E-state index in [4.69, 9.17) is 4.74 Å². The molecule has 10 heteroatoms. The number of benzene rings is 2. The first-order valence-corrected chi connectivity index (χ1v) is 11.6. The molecule has 0 aliphatic rings. The van der Waals surface area contributed by atoms with E-state index in [1.165, 1.54) is 9.36 Å². The smallest absolute Gasteiger partial charge is 0.368 e. The van der Waals surface area contributed by atoms with Crippen molar-refractivity contribution in [2.45, 2.75) is 38.7 Å². The lowest BCUT2D eigenvalue weighted by atomic mass is 10.1. The zero-order valence-electron chi connectivity index (χ0n) is 18.8. The number of rotatable bonds is 7. The van der Waals surface area contributed by atoms with Crippen molar-refractivity contribution >= 4 is 22.4 Å². The molecular formula is C22H26N6O3S. The molecule has 0 saturated heterocycles. The van der Waals surface area contributed by atoms with E-state index in [1.54, 1.807) is 19.4 Å². The van der Waals surface area contributed by atoms with Crippen LogP contribution in [-0.4, -0.2) is 41.9 Å². The summed E-state index contributed by atoms with van der Waals surface area (Å²) in [5, 5.41) is 16.3. The molecule has 9 nitrogen and oxygen atoms in total. The van der Waals surface area contributed by atoms with Crippen molar-refractivity contribution < 1.29 is 8.95 Å². The number of aromatic nitrogens is 4. The van der Waals surface area contributed by atoms with Crippen molar-refractivity contribution in [2.24, 2.45) is 17.3 Å². The predicted molar refractivity (Wildman–Crippen MR) is 125 cm³/mol. The van der Waals surface area contributed by atoms with Crippen LogP contribution < -0.4 is 5.69 Å². The number of ether oxygens (including phenoxy) is 1. The Kier molecular flexibility index (Phi) is 7.47. The number of hydrogen-bond donors (Lipinski definition) is 0. The molecule has 0 fully saturated rings. The summed E-state index contributed by atoms with van der Waals surface area (Å²) < 4.78 is 20.1. The molecule has 0 radical (unpaired) electrons. The molecule has 1 heterocycles. The summed E-state index contributed by atoms with van der Waals surface area (Å²) in [5.74, 6) is 0.459.